The molecule has 13 heavy (non-hydrogen) atoms. The number of nitriles is 1. The smallest absolute Gasteiger partial charge is 0.211 e. The third kappa shape index (κ3) is 3.93. The Balaban J connectivity index is 4.56. The van der Waals surface area contributed by atoms with E-state index in [9.17, 15) is 8.42 Å². The monoisotopic (exact) mass is 200 g/mol. The molecule has 4 nitrogen and oxygen atoms in total. The van der Waals surface area contributed by atoms with Crippen LogP contribution in [0.5, 0.6) is 0 Å². The van der Waals surface area contributed by atoms with Crippen molar-refractivity contribution in [1.82, 2.24) is 4.31 Å². The van der Waals surface area contributed by atoms with Crippen LogP contribution in [0, 0.1) is 23.7 Å². The maximum absolute atomic E-state index is 11.3. The van der Waals surface area contributed by atoms with Gasteiger partial charge in [-0.05, 0) is 6.42 Å². The summed E-state index contributed by atoms with van der Waals surface area (Å²) in [6, 6.07) is 1.61. The van der Waals surface area contributed by atoms with Crippen molar-refractivity contribution < 1.29 is 8.42 Å². The summed E-state index contributed by atoms with van der Waals surface area (Å²) in [7, 11) is -3.47. The van der Waals surface area contributed by atoms with Crippen molar-refractivity contribution in [2.75, 3.05) is 18.8 Å². The summed E-state index contributed by atoms with van der Waals surface area (Å²) in [6.07, 6.45) is 5.70. The Morgan fingerprint density at radius 3 is 2.54 bits per heavy atom. The minimum Gasteiger partial charge on any atom is -0.211 e. The maximum atomic E-state index is 11.3. The van der Waals surface area contributed by atoms with Crippen LogP contribution in [0.15, 0.2) is 0 Å². The molecule has 0 radical (unpaired) electrons. The van der Waals surface area contributed by atoms with Crippen LogP contribution in [0.25, 0.3) is 0 Å². The summed E-state index contributed by atoms with van der Waals surface area (Å²) in [6.45, 7) is 2.26. The minimum absolute atomic E-state index is 0.0395. The molecule has 0 fully saturated rings. The second kappa shape index (κ2) is 5.58. The van der Waals surface area contributed by atoms with Gasteiger partial charge < -0.3 is 0 Å². The van der Waals surface area contributed by atoms with Crippen molar-refractivity contribution in [2.24, 2.45) is 0 Å². The predicted molar refractivity (Wildman–Crippen MR) is 50.1 cm³/mol. The summed E-state index contributed by atoms with van der Waals surface area (Å²) in [5.74, 6) is 1.75. The molecule has 0 spiro atoms. The fourth-order valence-corrected chi connectivity index (χ4v) is 1.92. The van der Waals surface area contributed by atoms with Gasteiger partial charge >= 0.3 is 0 Å². The van der Waals surface area contributed by atoms with Crippen LogP contribution in [0.1, 0.15) is 13.3 Å². The molecule has 0 rings (SSSR count). The highest BCUT2D eigenvalue weighted by atomic mass is 32.2. The van der Waals surface area contributed by atoms with Gasteiger partial charge in [0.1, 0.15) is 0 Å². The molecule has 0 aliphatic carbocycles. The van der Waals surface area contributed by atoms with Crippen molar-refractivity contribution >= 4 is 10.0 Å². The SMILES string of the molecule is C#CCN(CCC)S(=O)(=O)CC#N. The third-order valence-electron chi connectivity index (χ3n) is 1.38. The van der Waals surface area contributed by atoms with Gasteiger partial charge in [0.25, 0.3) is 0 Å². The molecule has 0 heterocycles. The summed E-state index contributed by atoms with van der Waals surface area (Å²) in [5.41, 5.74) is 0. The van der Waals surface area contributed by atoms with Crippen LogP contribution < -0.4 is 0 Å². The molecular formula is C8H12N2O2S. The second-order valence-electron chi connectivity index (χ2n) is 2.45. The number of hydrogen-bond acceptors (Lipinski definition) is 3. The molecule has 0 saturated carbocycles. The topological polar surface area (TPSA) is 61.2 Å². The lowest BCUT2D eigenvalue weighted by molar-refractivity contribution is 0.448. The molecule has 0 aromatic carbocycles. The largest absolute Gasteiger partial charge is 0.228 e. The van der Waals surface area contributed by atoms with Crippen LogP contribution in [0.3, 0.4) is 0 Å². The Labute approximate surface area is 79.2 Å². The van der Waals surface area contributed by atoms with Crippen LogP contribution in [-0.2, 0) is 10.0 Å². The van der Waals surface area contributed by atoms with Crippen molar-refractivity contribution in [2.45, 2.75) is 13.3 Å². The van der Waals surface area contributed by atoms with Gasteiger partial charge in [-0.2, -0.15) is 9.57 Å². The Kier molecular flexibility index (Phi) is 5.13. The average molecular weight is 200 g/mol. The molecule has 72 valence electrons. The molecule has 0 aromatic heterocycles. The molecular weight excluding hydrogens is 188 g/mol. The van der Waals surface area contributed by atoms with Crippen LogP contribution in [0.4, 0.5) is 0 Å². The van der Waals surface area contributed by atoms with E-state index in [0.29, 0.717) is 13.0 Å². The second-order valence-corrected chi connectivity index (χ2v) is 4.42. The highest BCUT2D eigenvalue weighted by molar-refractivity contribution is 7.89. The van der Waals surface area contributed by atoms with Crippen molar-refractivity contribution in [1.29, 1.82) is 5.26 Å². The van der Waals surface area contributed by atoms with Crippen molar-refractivity contribution in [3.05, 3.63) is 0 Å². The van der Waals surface area contributed by atoms with Gasteiger partial charge in [0.15, 0.2) is 5.75 Å². The maximum Gasteiger partial charge on any atom is 0.228 e. The molecule has 0 aliphatic heterocycles. The summed E-state index contributed by atoms with van der Waals surface area (Å²) >= 11 is 0. The van der Waals surface area contributed by atoms with E-state index in [1.807, 2.05) is 6.92 Å². The number of sulfonamides is 1. The number of hydrogen-bond donors (Lipinski definition) is 0. The van der Waals surface area contributed by atoms with E-state index in [1.165, 1.54) is 0 Å². The zero-order valence-electron chi connectivity index (χ0n) is 7.52. The van der Waals surface area contributed by atoms with Crippen molar-refractivity contribution in [3.8, 4) is 18.4 Å². The van der Waals surface area contributed by atoms with E-state index in [0.717, 1.165) is 4.31 Å². The molecule has 0 aromatic rings. The molecule has 0 amide bonds. The predicted octanol–water partition coefficient (Wildman–Crippen LogP) is 0.185. The zero-order chi connectivity index (χ0) is 10.3. The third-order valence-corrected chi connectivity index (χ3v) is 2.97. The van der Waals surface area contributed by atoms with E-state index in [1.54, 1.807) is 6.07 Å². The van der Waals surface area contributed by atoms with Gasteiger partial charge in [-0.15, -0.1) is 6.42 Å². The highest BCUT2D eigenvalue weighted by Crippen LogP contribution is 2.01. The molecule has 0 unspecified atom stereocenters. The molecule has 0 aliphatic rings. The molecule has 0 atom stereocenters. The zero-order valence-corrected chi connectivity index (χ0v) is 8.34. The van der Waals surface area contributed by atoms with Crippen LogP contribution >= 0.6 is 0 Å². The quantitative estimate of drug-likeness (QED) is 0.595. The number of terminal acetylenes is 1. The lowest BCUT2D eigenvalue weighted by Gasteiger charge is -2.16. The Morgan fingerprint density at radius 2 is 2.15 bits per heavy atom. The molecule has 5 heteroatoms. The van der Waals surface area contributed by atoms with E-state index in [4.69, 9.17) is 11.7 Å². The van der Waals surface area contributed by atoms with Crippen molar-refractivity contribution in [3.63, 3.8) is 0 Å². The molecule has 0 bridgehead atoms. The van der Waals surface area contributed by atoms with Gasteiger partial charge in [-0.25, -0.2) is 8.42 Å². The number of nitrogens with zero attached hydrogens (tertiary/aromatic N) is 2. The first kappa shape index (κ1) is 12.0. The van der Waals surface area contributed by atoms with Gasteiger partial charge in [0.2, 0.25) is 10.0 Å². The highest BCUT2D eigenvalue weighted by Gasteiger charge is 2.19. The van der Waals surface area contributed by atoms with Crippen LogP contribution in [-0.4, -0.2) is 31.6 Å². The summed E-state index contributed by atoms with van der Waals surface area (Å²) < 4.78 is 23.8. The number of rotatable bonds is 5. The first-order valence-electron chi connectivity index (χ1n) is 3.86. The van der Waals surface area contributed by atoms with E-state index in [-0.39, 0.29) is 6.54 Å². The molecule has 0 saturated heterocycles. The Hall–Kier alpha value is -1.04. The first-order chi connectivity index (χ1) is 6.08. The lowest BCUT2D eigenvalue weighted by Crippen LogP contribution is -2.33. The summed E-state index contributed by atoms with van der Waals surface area (Å²) in [4.78, 5) is 0. The average Bonchev–Trinajstić information content (AvgIpc) is 2.04. The Morgan fingerprint density at radius 1 is 1.54 bits per heavy atom. The Bertz CT molecular complexity index is 321. The fraction of sp³-hybridized carbons (Fsp3) is 0.625. The lowest BCUT2D eigenvalue weighted by atomic mass is 10.5. The first-order valence-corrected chi connectivity index (χ1v) is 5.47. The normalized spacial score (nSPS) is 10.8. The van der Waals surface area contributed by atoms with E-state index < -0.39 is 15.8 Å². The summed E-state index contributed by atoms with van der Waals surface area (Å²) in [5, 5.41) is 8.28. The van der Waals surface area contributed by atoms with Gasteiger partial charge in [-0.1, -0.05) is 12.8 Å². The van der Waals surface area contributed by atoms with Crippen LogP contribution in [0.2, 0.25) is 0 Å². The van der Waals surface area contributed by atoms with Gasteiger partial charge in [0.05, 0.1) is 12.6 Å². The van der Waals surface area contributed by atoms with E-state index in [2.05, 4.69) is 5.92 Å². The van der Waals surface area contributed by atoms with Gasteiger partial charge in [-0.3, -0.25) is 0 Å². The van der Waals surface area contributed by atoms with E-state index >= 15 is 0 Å². The standard InChI is InChI=1S/C8H12N2O2S/c1-3-6-10(7-4-2)13(11,12)8-5-9/h1H,4,6-8H2,2H3. The minimum atomic E-state index is -3.47. The fourth-order valence-electron chi connectivity index (χ4n) is 0.841. The van der Waals surface area contributed by atoms with Gasteiger partial charge in [0, 0.05) is 6.54 Å². The molecule has 0 N–H and O–H groups in total.